The Hall–Kier alpha value is -3.26. The molecule has 0 radical (unpaired) electrons. The lowest BCUT2D eigenvalue weighted by Crippen LogP contribution is -2.17. The van der Waals surface area contributed by atoms with Crippen molar-refractivity contribution in [2.45, 2.75) is 20.8 Å². The first-order valence-electron chi connectivity index (χ1n) is 9.82. The van der Waals surface area contributed by atoms with Crippen molar-refractivity contribution in [3.8, 4) is 23.1 Å². The predicted molar refractivity (Wildman–Crippen MR) is 112 cm³/mol. The molecule has 0 unspecified atom stereocenters. The van der Waals surface area contributed by atoms with Crippen LogP contribution in [0.25, 0.3) is 17.1 Å². The Labute approximate surface area is 174 Å². The van der Waals surface area contributed by atoms with Gasteiger partial charge in [-0.05, 0) is 55.5 Å². The predicted octanol–water partition coefficient (Wildman–Crippen LogP) is 4.08. The van der Waals surface area contributed by atoms with Gasteiger partial charge in [0, 0.05) is 23.8 Å². The molecular weight excluding hydrogens is 387 g/mol. The molecule has 0 atom stereocenters. The minimum atomic E-state index is -0.330. The van der Waals surface area contributed by atoms with Gasteiger partial charge in [-0.1, -0.05) is 13.8 Å². The molecule has 1 heterocycles. The van der Waals surface area contributed by atoms with Gasteiger partial charge < -0.3 is 14.8 Å². The van der Waals surface area contributed by atoms with Crippen molar-refractivity contribution in [2.24, 2.45) is 5.92 Å². The van der Waals surface area contributed by atoms with E-state index in [4.69, 9.17) is 9.47 Å². The minimum Gasteiger partial charge on any atom is -0.460 e. The van der Waals surface area contributed by atoms with Gasteiger partial charge in [0.25, 0.3) is 0 Å². The Morgan fingerprint density at radius 1 is 1.10 bits per heavy atom. The van der Waals surface area contributed by atoms with Crippen LogP contribution in [0.3, 0.4) is 0 Å². The second-order valence-electron chi connectivity index (χ2n) is 6.87. The molecule has 3 rings (SSSR count). The number of carbonyl (C=O) groups excluding carboxylic acids is 1. The monoisotopic (exact) mass is 412 g/mol. The third-order valence-electron chi connectivity index (χ3n) is 4.26. The number of hydrogen-bond donors (Lipinski definition) is 1. The van der Waals surface area contributed by atoms with Crippen molar-refractivity contribution in [2.75, 3.05) is 25.1 Å². The van der Waals surface area contributed by atoms with Crippen molar-refractivity contribution in [1.82, 2.24) is 14.8 Å². The number of ether oxygens (including phenoxy) is 2. The summed E-state index contributed by atoms with van der Waals surface area (Å²) in [5.41, 5.74) is 2.11. The third-order valence-corrected chi connectivity index (χ3v) is 4.26. The van der Waals surface area contributed by atoms with Crippen LogP contribution >= 0.6 is 0 Å². The molecular formula is C22H25FN4O3. The van der Waals surface area contributed by atoms with Crippen LogP contribution in [-0.4, -0.2) is 40.5 Å². The number of nitrogens with one attached hydrogen (secondary N) is 1. The normalized spacial score (nSPS) is 11.0. The zero-order valence-electron chi connectivity index (χ0n) is 17.3. The van der Waals surface area contributed by atoms with Gasteiger partial charge in [-0.3, -0.25) is 4.79 Å². The molecule has 0 fully saturated rings. The van der Waals surface area contributed by atoms with Crippen LogP contribution in [0.4, 0.5) is 10.1 Å². The molecule has 0 aliphatic heterocycles. The smallest absolute Gasteiger partial charge is 0.336 e. The molecule has 7 nitrogen and oxygen atoms in total. The van der Waals surface area contributed by atoms with Crippen molar-refractivity contribution < 1.29 is 18.7 Å². The number of anilines is 1. The minimum absolute atomic E-state index is 0.0551. The summed E-state index contributed by atoms with van der Waals surface area (Å²) < 4.78 is 25.9. The van der Waals surface area contributed by atoms with Crippen molar-refractivity contribution in [3.63, 3.8) is 0 Å². The number of nitrogens with zero attached hydrogens (tertiary/aromatic N) is 3. The van der Waals surface area contributed by atoms with Crippen LogP contribution in [0.2, 0.25) is 0 Å². The fraction of sp³-hybridized carbons (Fsp3) is 0.318. The first kappa shape index (κ1) is 21.4. The number of halogens is 1. The molecule has 3 aromatic rings. The molecule has 0 aliphatic rings. The van der Waals surface area contributed by atoms with E-state index in [9.17, 15) is 9.18 Å². The van der Waals surface area contributed by atoms with Crippen LogP contribution in [0.1, 0.15) is 20.8 Å². The number of carbonyl (C=O) groups is 1. The van der Waals surface area contributed by atoms with Crippen LogP contribution in [0.5, 0.6) is 6.01 Å². The second kappa shape index (κ2) is 9.98. The molecule has 1 amide bonds. The molecule has 0 bridgehead atoms. The van der Waals surface area contributed by atoms with Gasteiger partial charge in [-0.2, -0.15) is 4.98 Å². The number of benzene rings is 2. The summed E-state index contributed by atoms with van der Waals surface area (Å²) in [6.45, 7) is 6.93. The zero-order valence-corrected chi connectivity index (χ0v) is 17.3. The standard InChI is InChI=1S/C22H25FN4O3/c1-4-29-13-14-30-22-25-20(16-5-7-17(23)8-6-16)27(26-22)19-11-9-18(10-12-19)24-21(28)15(2)3/h5-12,15H,4,13-14H2,1-3H3,(H,24,28). The molecule has 158 valence electrons. The molecule has 30 heavy (non-hydrogen) atoms. The molecule has 0 saturated carbocycles. The maximum atomic E-state index is 13.4. The topological polar surface area (TPSA) is 78.3 Å². The van der Waals surface area contributed by atoms with Crippen molar-refractivity contribution >= 4 is 11.6 Å². The SMILES string of the molecule is CCOCCOc1nc(-c2ccc(F)cc2)n(-c2ccc(NC(=O)C(C)C)cc2)n1. The maximum absolute atomic E-state index is 13.4. The summed E-state index contributed by atoms with van der Waals surface area (Å²) in [5, 5.41) is 7.30. The van der Waals surface area contributed by atoms with Gasteiger partial charge in [-0.15, -0.1) is 5.10 Å². The Morgan fingerprint density at radius 2 is 1.80 bits per heavy atom. The molecule has 0 saturated heterocycles. The Balaban J connectivity index is 1.88. The molecule has 1 aromatic heterocycles. The van der Waals surface area contributed by atoms with Crippen molar-refractivity contribution in [1.29, 1.82) is 0 Å². The Kier molecular flexibility index (Phi) is 7.13. The number of amides is 1. The highest BCUT2D eigenvalue weighted by Crippen LogP contribution is 2.25. The zero-order chi connectivity index (χ0) is 21.5. The second-order valence-corrected chi connectivity index (χ2v) is 6.87. The number of aromatic nitrogens is 3. The molecule has 8 heteroatoms. The van der Waals surface area contributed by atoms with Gasteiger partial charge in [0.2, 0.25) is 5.91 Å². The van der Waals surface area contributed by atoms with E-state index in [0.29, 0.717) is 36.9 Å². The van der Waals surface area contributed by atoms with Gasteiger partial charge >= 0.3 is 6.01 Å². The summed E-state index contributed by atoms with van der Waals surface area (Å²) in [7, 11) is 0. The van der Waals surface area contributed by atoms with Gasteiger partial charge in [0.15, 0.2) is 5.82 Å². The number of hydrogen-bond acceptors (Lipinski definition) is 5. The lowest BCUT2D eigenvalue weighted by Gasteiger charge is -2.09. The van der Waals surface area contributed by atoms with Gasteiger partial charge in [-0.25, -0.2) is 9.07 Å². The van der Waals surface area contributed by atoms with Crippen LogP contribution in [0.15, 0.2) is 48.5 Å². The summed E-state index contributed by atoms with van der Waals surface area (Å²) >= 11 is 0. The average Bonchev–Trinajstić information content (AvgIpc) is 3.16. The third kappa shape index (κ3) is 5.42. The van der Waals surface area contributed by atoms with E-state index in [2.05, 4.69) is 15.4 Å². The van der Waals surface area contributed by atoms with E-state index in [1.165, 1.54) is 12.1 Å². The van der Waals surface area contributed by atoms with E-state index in [1.54, 1.807) is 28.9 Å². The van der Waals surface area contributed by atoms with Crippen LogP contribution in [0, 0.1) is 11.7 Å². The summed E-state index contributed by atoms with van der Waals surface area (Å²) in [6.07, 6.45) is 0. The van der Waals surface area contributed by atoms with E-state index in [0.717, 1.165) is 5.69 Å². The van der Waals surface area contributed by atoms with Crippen LogP contribution < -0.4 is 10.1 Å². The first-order valence-corrected chi connectivity index (χ1v) is 9.82. The largest absolute Gasteiger partial charge is 0.460 e. The fourth-order valence-electron chi connectivity index (χ4n) is 2.63. The average molecular weight is 412 g/mol. The van der Waals surface area contributed by atoms with E-state index < -0.39 is 0 Å². The summed E-state index contributed by atoms with van der Waals surface area (Å²) in [6, 6.07) is 13.4. The summed E-state index contributed by atoms with van der Waals surface area (Å²) in [5.74, 6) is 0.0191. The lowest BCUT2D eigenvalue weighted by molar-refractivity contribution is -0.118. The quantitative estimate of drug-likeness (QED) is 0.536. The summed E-state index contributed by atoms with van der Waals surface area (Å²) in [4.78, 5) is 16.3. The fourth-order valence-corrected chi connectivity index (χ4v) is 2.63. The maximum Gasteiger partial charge on any atom is 0.336 e. The number of rotatable bonds is 9. The van der Waals surface area contributed by atoms with Crippen LogP contribution in [-0.2, 0) is 9.53 Å². The van der Waals surface area contributed by atoms with Gasteiger partial charge in [0.1, 0.15) is 12.4 Å². The first-order chi connectivity index (χ1) is 14.5. The van der Waals surface area contributed by atoms with Crippen molar-refractivity contribution in [3.05, 3.63) is 54.3 Å². The van der Waals surface area contributed by atoms with E-state index in [1.807, 2.05) is 32.9 Å². The highest BCUT2D eigenvalue weighted by Gasteiger charge is 2.15. The highest BCUT2D eigenvalue weighted by atomic mass is 19.1. The Bertz CT molecular complexity index is 969. The highest BCUT2D eigenvalue weighted by molar-refractivity contribution is 5.92. The van der Waals surface area contributed by atoms with E-state index in [-0.39, 0.29) is 23.7 Å². The van der Waals surface area contributed by atoms with Gasteiger partial charge in [0.05, 0.1) is 12.3 Å². The lowest BCUT2D eigenvalue weighted by atomic mass is 10.2. The van der Waals surface area contributed by atoms with E-state index >= 15 is 0 Å². The molecule has 0 aliphatic carbocycles. The Morgan fingerprint density at radius 3 is 2.43 bits per heavy atom. The molecule has 0 spiro atoms. The molecule has 2 aromatic carbocycles. The molecule has 1 N–H and O–H groups in total.